The van der Waals surface area contributed by atoms with Gasteiger partial charge in [-0.15, -0.1) is 0 Å². The molecule has 4 nitrogen and oxygen atoms in total. The molecule has 0 aromatic carbocycles. The molecule has 0 bridgehead atoms. The molecule has 1 heterocycles. The molecule has 0 radical (unpaired) electrons. The van der Waals surface area contributed by atoms with Crippen LogP contribution in [0.1, 0.15) is 44.2 Å². The number of carbonyl (C=O) groups excluding carboxylic acids is 1. The lowest BCUT2D eigenvalue weighted by Gasteiger charge is -2.35. The fourth-order valence-corrected chi connectivity index (χ4v) is 3.03. The Morgan fingerprint density at radius 3 is 2.74 bits per heavy atom. The molecular formula is C15H25N3O. The molecule has 0 unspecified atom stereocenters. The van der Waals surface area contributed by atoms with Crippen molar-refractivity contribution in [3.8, 4) is 0 Å². The third-order valence-electron chi connectivity index (χ3n) is 4.40. The zero-order valence-corrected chi connectivity index (χ0v) is 11.8. The van der Waals surface area contributed by atoms with Crippen molar-refractivity contribution in [3.05, 3.63) is 24.0 Å². The van der Waals surface area contributed by atoms with Crippen LogP contribution >= 0.6 is 0 Å². The number of rotatable bonds is 5. The Bertz CT molecular complexity index is 419. The summed E-state index contributed by atoms with van der Waals surface area (Å²) in [5.41, 5.74) is 7.09. The van der Waals surface area contributed by atoms with Crippen LogP contribution in [-0.4, -0.2) is 17.0 Å². The summed E-state index contributed by atoms with van der Waals surface area (Å²) >= 11 is 0. The first-order valence-electron chi connectivity index (χ1n) is 7.22. The van der Waals surface area contributed by atoms with E-state index >= 15 is 0 Å². The van der Waals surface area contributed by atoms with Crippen molar-refractivity contribution in [2.45, 2.75) is 45.1 Å². The molecule has 0 atom stereocenters. The van der Waals surface area contributed by atoms with E-state index in [0.717, 1.165) is 18.5 Å². The standard InChI is InChI=1S/C15H25N3O/c1-18-9-5-6-13(18)11-17-14(19)10-15(12-16)7-3-2-4-8-15/h5-6,9H,2-4,7-8,10-12,16H2,1H3,(H,17,19). The molecule has 1 aromatic heterocycles. The van der Waals surface area contributed by atoms with Crippen LogP contribution in [0.5, 0.6) is 0 Å². The first-order valence-corrected chi connectivity index (χ1v) is 7.22. The second-order valence-corrected chi connectivity index (χ2v) is 5.83. The Kier molecular flexibility index (Phi) is 4.64. The van der Waals surface area contributed by atoms with Gasteiger partial charge < -0.3 is 15.6 Å². The molecule has 3 N–H and O–H groups in total. The summed E-state index contributed by atoms with van der Waals surface area (Å²) < 4.78 is 2.03. The van der Waals surface area contributed by atoms with Crippen LogP contribution in [0.2, 0.25) is 0 Å². The molecular weight excluding hydrogens is 238 g/mol. The van der Waals surface area contributed by atoms with E-state index in [1.54, 1.807) is 0 Å². The minimum absolute atomic E-state index is 0.0521. The fraction of sp³-hybridized carbons (Fsp3) is 0.667. The Morgan fingerprint density at radius 2 is 2.16 bits per heavy atom. The van der Waals surface area contributed by atoms with Crippen LogP contribution in [-0.2, 0) is 18.4 Å². The predicted octanol–water partition coefficient (Wildman–Crippen LogP) is 1.94. The summed E-state index contributed by atoms with van der Waals surface area (Å²) in [5.74, 6) is 0.133. The Hall–Kier alpha value is -1.29. The number of nitrogens with zero attached hydrogens (tertiary/aromatic N) is 1. The molecule has 0 spiro atoms. The average Bonchev–Trinajstić information content (AvgIpc) is 2.83. The average molecular weight is 263 g/mol. The van der Waals surface area contributed by atoms with Crippen molar-refractivity contribution in [1.29, 1.82) is 0 Å². The van der Waals surface area contributed by atoms with Crippen molar-refractivity contribution < 1.29 is 4.79 Å². The number of aromatic nitrogens is 1. The van der Waals surface area contributed by atoms with E-state index in [2.05, 4.69) is 5.32 Å². The van der Waals surface area contributed by atoms with Crippen LogP contribution in [0.3, 0.4) is 0 Å². The maximum atomic E-state index is 12.1. The monoisotopic (exact) mass is 263 g/mol. The van der Waals surface area contributed by atoms with Gasteiger partial charge in [0.1, 0.15) is 0 Å². The lowest BCUT2D eigenvalue weighted by Crippen LogP contribution is -2.38. The van der Waals surface area contributed by atoms with Crippen LogP contribution in [0.25, 0.3) is 0 Å². The highest BCUT2D eigenvalue weighted by molar-refractivity contribution is 5.76. The third-order valence-corrected chi connectivity index (χ3v) is 4.40. The lowest BCUT2D eigenvalue weighted by atomic mass is 9.71. The maximum absolute atomic E-state index is 12.1. The van der Waals surface area contributed by atoms with Crippen molar-refractivity contribution in [3.63, 3.8) is 0 Å². The van der Waals surface area contributed by atoms with Gasteiger partial charge in [0.25, 0.3) is 0 Å². The summed E-state index contributed by atoms with van der Waals surface area (Å²) in [4.78, 5) is 12.1. The molecule has 0 aliphatic heterocycles. The topological polar surface area (TPSA) is 60.0 Å². The largest absolute Gasteiger partial charge is 0.353 e. The number of carbonyl (C=O) groups is 1. The highest BCUT2D eigenvalue weighted by Crippen LogP contribution is 2.38. The first kappa shape index (κ1) is 14.1. The van der Waals surface area contributed by atoms with Crippen molar-refractivity contribution >= 4 is 5.91 Å². The van der Waals surface area contributed by atoms with Gasteiger partial charge in [-0.1, -0.05) is 19.3 Å². The Balaban J connectivity index is 1.84. The van der Waals surface area contributed by atoms with E-state index in [1.807, 2.05) is 29.9 Å². The zero-order chi connectivity index (χ0) is 13.7. The van der Waals surface area contributed by atoms with Gasteiger partial charge in [-0.05, 0) is 36.9 Å². The summed E-state index contributed by atoms with van der Waals surface area (Å²) in [7, 11) is 1.99. The smallest absolute Gasteiger partial charge is 0.220 e. The normalized spacial score (nSPS) is 18.2. The number of nitrogens with two attached hydrogens (primary N) is 1. The van der Waals surface area contributed by atoms with E-state index in [1.165, 1.54) is 19.3 Å². The van der Waals surface area contributed by atoms with Crippen LogP contribution < -0.4 is 11.1 Å². The summed E-state index contributed by atoms with van der Waals surface area (Å²) in [6.45, 7) is 1.23. The van der Waals surface area contributed by atoms with E-state index in [-0.39, 0.29) is 11.3 Å². The van der Waals surface area contributed by atoms with E-state index in [4.69, 9.17) is 5.73 Å². The number of amides is 1. The van der Waals surface area contributed by atoms with Crippen molar-refractivity contribution in [2.24, 2.45) is 18.2 Å². The molecule has 4 heteroatoms. The van der Waals surface area contributed by atoms with Gasteiger partial charge in [0.05, 0.1) is 6.54 Å². The fourth-order valence-electron chi connectivity index (χ4n) is 3.03. The van der Waals surface area contributed by atoms with Crippen LogP contribution in [0.15, 0.2) is 18.3 Å². The molecule has 1 amide bonds. The van der Waals surface area contributed by atoms with Gasteiger partial charge in [0.2, 0.25) is 5.91 Å². The predicted molar refractivity (Wildman–Crippen MR) is 76.4 cm³/mol. The zero-order valence-electron chi connectivity index (χ0n) is 11.8. The van der Waals surface area contributed by atoms with E-state index in [9.17, 15) is 4.79 Å². The maximum Gasteiger partial charge on any atom is 0.220 e. The Morgan fingerprint density at radius 1 is 1.42 bits per heavy atom. The summed E-state index contributed by atoms with van der Waals surface area (Å²) in [6.07, 6.45) is 8.47. The molecule has 1 aliphatic carbocycles. The second kappa shape index (κ2) is 6.24. The summed E-state index contributed by atoms with van der Waals surface area (Å²) in [6, 6.07) is 4.02. The van der Waals surface area contributed by atoms with Crippen molar-refractivity contribution in [2.75, 3.05) is 6.54 Å². The number of hydrogen-bond donors (Lipinski definition) is 2. The molecule has 2 rings (SSSR count). The molecule has 1 saturated carbocycles. The van der Waals surface area contributed by atoms with Crippen molar-refractivity contribution in [1.82, 2.24) is 9.88 Å². The first-order chi connectivity index (χ1) is 9.15. The van der Waals surface area contributed by atoms with Gasteiger partial charge in [0.15, 0.2) is 0 Å². The third kappa shape index (κ3) is 3.60. The molecule has 1 aliphatic rings. The SMILES string of the molecule is Cn1cccc1CNC(=O)CC1(CN)CCCCC1. The molecule has 1 aromatic rings. The van der Waals surface area contributed by atoms with Crippen LogP contribution in [0, 0.1) is 5.41 Å². The van der Waals surface area contributed by atoms with Gasteiger partial charge >= 0.3 is 0 Å². The number of hydrogen-bond acceptors (Lipinski definition) is 2. The number of nitrogens with one attached hydrogen (secondary N) is 1. The second-order valence-electron chi connectivity index (χ2n) is 5.83. The Labute approximate surface area is 115 Å². The van der Waals surface area contributed by atoms with Gasteiger partial charge in [0, 0.05) is 25.4 Å². The highest BCUT2D eigenvalue weighted by Gasteiger charge is 2.32. The lowest BCUT2D eigenvalue weighted by molar-refractivity contribution is -0.124. The summed E-state index contributed by atoms with van der Waals surface area (Å²) in [5, 5.41) is 3.02. The molecule has 106 valence electrons. The van der Waals surface area contributed by atoms with Gasteiger partial charge in [-0.25, -0.2) is 0 Å². The minimum Gasteiger partial charge on any atom is -0.353 e. The van der Waals surface area contributed by atoms with E-state index < -0.39 is 0 Å². The van der Waals surface area contributed by atoms with E-state index in [0.29, 0.717) is 19.5 Å². The van der Waals surface area contributed by atoms with Gasteiger partial charge in [-0.3, -0.25) is 4.79 Å². The quantitative estimate of drug-likeness (QED) is 0.853. The molecule has 0 saturated heterocycles. The number of aryl methyl sites for hydroxylation is 1. The minimum atomic E-state index is 0.0521. The van der Waals surface area contributed by atoms with Crippen LogP contribution in [0.4, 0.5) is 0 Å². The van der Waals surface area contributed by atoms with Gasteiger partial charge in [-0.2, -0.15) is 0 Å². The molecule has 1 fully saturated rings. The highest BCUT2D eigenvalue weighted by atomic mass is 16.1. The molecule has 19 heavy (non-hydrogen) atoms.